The molecule has 0 spiro atoms. The Hall–Kier alpha value is -0.610. The molecule has 1 saturated heterocycles. The lowest BCUT2D eigenvalue weighted by Gasteiger charge is -2.34. The number of aliphatic carboxylic acids is 1. The summed E-state index contributed by atoms with van der Waals surface area (Å²) in [5, 5.41) is 9.25. The van der Waals surface area contributed by atoms with E-state index in [1.807, 2.05) is 6.92 Å². The van der Waals surface area contributed by atoms with E-state index in [1.165, 1.54) is 12.8 Å². The molecule has 0 aromatic heterocycles. The average Bonchev–Trinajstić information content (AvgIpc) is 2.62. The first kappa shape index (κ1) is 11.9. The van der Waals surface area contributed by atoms with Crippen LogP contribution in [0.3, 0.4) is 0 Å². The second-order valence-corrected chi connectivity index (χ2v) is 4.83. The third kappa shape index (κ3) is 2.23. The quantitative estimate of drug-likeness (QED) is 0.790. The van der Waals surface area contributed by atoms with Crippen LogP contribution in [-0.2, 0) is 9.53 Å². The highest BCUT2D eigenvalue weighted by atomic mass is 16.5. The van der Waals surface area contributed by atoms with Crippen LogP contribution >= 0.6 is 0 Å². The predicted octanol–water partition coefficient (Wildman–Crippen LogP) is 1.35. The minimum Gasteiger partial charge on any atom is -0.480 e. The van der Waals surface area contributed by atoms with Gasteiger partial charge >= 0.3 is 5.97 Å². The lowest BCUT2D eigenvalue weighted by atomic mass is 10.0. The SMILES string of the molecule is CC[C@H](C(=O)O)N1CCOC[C@H]2CCC[C@@H]21. The van der Waals surface area contributed by atoms with Crippen molar-refractivity contribution >= 4 is 5.97 Å². The minimum absolute atomic E-state index is 0.327. The number of ether oxygens (including phenoxy) is 1. The molecule has 2 fully saturated rings. The van der Waals surface area contributed by atoms with Crippen LogP contribution in [0, 0.1) is 5.92 Å². The highest BCUT2D eigenvalue weighted by molar-refractivity contribution is 5.73. The molecule has 0 amide bonds. The third-order valence-corrected chi connectivity index (χ3v) is 3.94. The van der Waals surface area contributed by atoms with Crippen molar-refractivity contribution in [3.05, 3.63) is 0 Å². The van der Waals surface area contributed by atoms with E-state index in [2.05, 4.69) is 4.90 Å². The Morgan fingerprint density at radius 2 is 2.38 bits per heavy atom. The molecule has 4 nitrogen and oxygen atoms in total. The molecule has 0 aromatic rings. The van der Waals surface area contributed by atoms with Gasteiger partial charge in [-0.3, -0.25) is 9.69 Å². The Morgan fingerprint density at radius 1 is 1.56 bits per heavy atom. The van der Waals surface area contributed by atoms with Crippen molar-refractivity contribution in [1.82, 2.24) is 4.90 Å². The first-order valence-corrected chi connectivity index (χ1v) is 6.30. The maximum absolute atomic E-state index is 11.2. The van der Waals surface area contributed by atoms with Gasteiger partial charge in [-0.1, -0.05) is 13.3 Å². The second kappa shape index (κ2) is 5.15. The number of rotatable bonds is 3. The molecule has 1 N–H and O–H groups in total. The summed E-state index contributed by atoms with van der Waals surface area (Å²) in [6, 6.07) is 0.107. The molecule has 1 saturated carbocycles. The standard InChI is InChI=1S/C12H21NO3/c1-2-10(12(14)15)13-6-7-16-8-9-4-3-5-11(9)13/h9-11H,2-8H2,1H3,(H,14,15)/t9-,10-,11+/m1/s1. The van der Waals surface area contributed by atoms with E-state index >= 15 is 0 Å². The number of carbonyl (C=O) groups is 1. The predicted molar refractivity (Wildman–Crippen MR) is 60.4 cm³/mol. The summed E-state index contributed by atoms with van der Waals surface area (Å²) in [6.07, 6.45) is 4.22. The molecule has 3 atom stereocenters. The number of carboxylic acids is 1. The van der Waals surface area contributed by atoms with E-state index in [0.717, 1.165) is 19.6 Å². The number of hydrogen-bond acceptors (Lipinski definition) is 3. The van der Waals surface area contributed by atoms with E-state index in [-0.39, 0.29) is 6.04 Å². The van der Waals surface area contributed by atoms with Crippen LogP contribution in [0.15, 0.2) is 0 Å². The number of carboxylic acid groups (broad SMARTS) is 1. The molecule has 0 aromatic carbocycles. The summed E-state index contributed by atoms with van der Waals surface area (Å²) >= 11 is 0. The maximum atomic E-state index is 11.2. The lowest BCUT2D eigenvalue weighted by Crippen LogP contribution is -2.48. The van der Waals surface area contributed by atoms with Gasteiger partial charge in [-0.2, -0.15) is 0 Å². The number of fused-ring (bicyclic) bond motifs is 1. The summed E-state index contributed by atoms with van der Waals surface area (Å²) in [5.41, 5.74) is 0. The monoisotopic (exact) mass is 227 g/mol. The van der Waals surface area contributed by atoms with Gasteiger partial charge < -0.3 is 9.84 Å². The van der Waals surface area contributed by atoms with E-state index < -0.39 is 5.97 Å². The Morgan fingerprint density at radius 3 is 3.06 bits per heavy atom. The normalized spacial score (nSPS) is 33.1. The fraction of sp³-hybridized carbons (Fsp3) is 0.917. The summed E-state index contributed by atoms with van der Waals surface area (Å²) in [5.74, 6) is -0.133. The third-order valence-electron chi connectivity index (χ3n) is 3.94. The lowest BCUT2D eigenvalue weighted by molar-refractivity contribution is -0.144. The largest absolute Gasteiger partial charge is 0.480 e. The molecule has 1 aliphatic heterocycles. The van der Waals surface area contributed by atoms with Crippen molar-refractivity contribution in [2.24, 2.45) is 5.92 Å². The zero-order valence-electron chi connectivity index (χ0n) is 9.89. The van der Waals surface area contributed by atoms with Gasteiger partial charge in [-0.25, -0.2) is 0 Å². The first-order valence-electron chi connectivity index (χ1n) is 6.30. The Labute approximate surface area is 96.6 Å². The molecule has 2 rings (SSSR count). The van der Waals surface area contributed by atoms with Crippen LogP contribution in [0.4, 0.5) is 0 Å². The minimum atomic E-state index is -0.685. The summed E-state index contributed by atoms with van der Waals surface area (Å²) < 4.78 is 5.58. The highest BCUT2D eigenvalue weighted by Gasteiger charge is 2.38. The smallest absolute Gasteiger partial charge is 0.320 e. The van der Waals surface area contributed by atoms with Crippen LogP contribution in [-0.4, -0.2) is 47.8 Å². The van der Waals surface area contributed by atoms with Gasteiger partial charge in [0.1, 0.15) is 6.04 Å². The Bertz CT molecular complexity index is 257. The van der Waals surface area contributed by atoms with E-state index in [0.29, 0.717) is 25.0 Å². The molecule has 4 heteroatoms. The van der Waals surface area contributed by atoms with Crippen LogP contribution < -0.4 is 0 Å². The Kier molecular flexibility index (Phi) is 3.82. The van der Waals surface area contributed by atoms with Crippen LogP contribution in [0.1, 0.15) is 32.6 Å². The first-order chi connectivity index (χ1) is 7.74. The van der Waals surface area contributed by atoms with Crippen molar-refractivity contribution in [1.29, 1.82) is 0 Å². The fourth-order valence-electron chi connectivity index (χ4n) is 3.16. The van der Waals surface area contributed by atoms with Crippen molar-refractivity contribution in [3.8, 4) is 0 Å². The second-order valence-electron chi connectivity index (χ2n) is 4.83. The molecule has 92 valence electrons. The van der Waals surface area contributed by atoms with Crippen molar-refractivity contribution in [2.75, 3.05) is 19.8 Å². The molecular formula is C12H21NO3. The van der Waals surface area contributed by atoms with E-state index in [9.17, 15) is 9.90 Å². The van der Waals surface area contributed by atoms with Crippen molar-refractivity contribution in [2.45, 2.75) is 44.7 Å². The molecule has 0 radical (unpaired) electrons. The molecule has 1 aliphatic carbocycles. The van der Waals surface area contributed by atoms with Crippen LogP contribution in [0.2, 0.25) is 0 Å². The van der Waals surface area contributed by atoms with Crippen LogP contribution in [0.5, 0.6) is 0 Å². The van der Waals surface area contributed by atoms with Gasteiger partial charge in [-0.05, 0) is 25.2 Å². The number of nitrogens with zero attached hydrogens (tertiary/aromatic N) is 1. The van der Waals surface area contributed by atoms with Gasteiger partial charge in [0.2, 0.25) is 0 Å². The van der Waals surface area contributed by atoms with E-state index in [4.69, 9.17) is 4.74 Å². The molecular weight excluding hydrogens is 206 g/mol. The van der Waals surface area contributed by atoms with Gasteiger partial charge in [0.05, 0.1) is 13.2 Å². The molecule has 0 unspecified atom stereocenters. The van der Waals surface area contributed by atoms with Gasteiger partial charge in [0.15, 0.2) is 0 Å². The zero-order valence-corrected chi connectivity index (χ0v) is 9.89. The number of hydrogen-bond donors (Lipinski definition) is 1. The molecule has 16 heavy (non-hydrogen) atoms. The molecule has 1 heterocycles. The van der Waals surface area contributed by atoms with Gasteiger partial charge in [-0.15, -0.1) is 0 Å². The van der Waals surface area contributed by atoms with Crippen molar-refractivity contribution in [3.63, 3.8) is 0 Å². The summed E-state index contributed by atoms with van der Waals surface area (Å²) in [6.45, 7) is 4.22. The Balaban J connectivity index is 2.12. The molecule has 0 bridgehead atoms. The zero-order chi connectivity index (χ0) is 11.5. The van der Waals surface area contributed by atoms with Gasteiger partial charge in [0, 0.05) is 12.6 Å². The maximum Gasteiger partial charge on any atom is 0.320 e. The van der Waals surface area contributed by atoms with Crippen LogP contribution in [0.25, 0.3) is 0 Å². The van der Waals surface area contributed by atoms with Crippen molar-refractivity contribution < 1.29 is 14.6 Å². The fourth-order valence-corrected chi connectivity index (χ4v) is 3.16. The summed E-state index contributed by atoms with van der Waals surface area (Å²) in [4.78, 5) is 13.4. The summed E-state index contributed by atoms with van der Waals surface area (Å²) in [7, 11) is 0. The average molecular weight is 227 g/mol. The molecule has 2 aliphatic rings. The topological polar surface area (TPSA) is 49.8 Å². The van der Waals surface area contributed by atoms with Gasteiger partial charge in [0.25, 0.3) is 0 Å². The highest BCUT2D eigenvalue weighted by Crippen LogP contribution is 2.33. The van der Waals surface area contributed by atoms with E-state index in [1.54, 1.807) is 0 Å².